The Balaban J connectivity index is 1.72. The minimum absolute atomic E-state index is 0.225. The number of hydrogen-bond donors (Lipinski definition) is 1. The van der Waals surface area contributed by atoms with Crippen LogP contribution >= 0.6 is 0 Å². The van der Waals surface area contributed by atoms with Gasteiger partial charge in [-0.25, -0.2) is 9.78 Å². The lowest BCUT2D eigenvalue weighted by Crippen LogP contribution is -2.40. The summed E-state index contributed by atoms with van der Waals surface area (Å²) in [5.74, 6) is -0.718. The maximum absolute atomic E-state index is 10.8. The van der Waals surface area contributed by atoms with E-state index in [1.54, 1.807) is 0 Å². The van der Waals surface area contributed by atoms with E-state index in [4.69, 9.17) is 25.3 Å². The summed E-state index contributed by atoms with van der Waals surface area (Å²) >= 11 is 0. The van der Waals surface area contributed by atoms with Gasteiger partial charge in [0.2, 0.25) is 11.7 Å². The van der Waals surface area contributed by atoms with E-state index in [0.29, 0.717) is 19.6 Å². The smallest absolute Gasteiger partial charge is 0.233 e. The summed E-state index contributed by atoms with van der Waals surface area (Å²) in [7, 11) is 0. The van der Waals surface area contributed by atoms with Crippen LogP contribution in [0.15, 0.2) is 0 Å². The van der Waals surface area contributed by atoms with Gasteiger partial charge in [0.1, 0.15) is 0 Å². The van der Waals surface area contributed by atoms with Crippen LogP contribution in [0.3, 0.4) is 0 Å². The Kier molecular flexibility index (Phi) is 11.3. The van der Waals surface area contributed by atoms with Gasteiger partial charge in [-0.05, 0) is 25.7 Å². The molecule has 0 bridgehead atoms. The van der Waals surface area contributed by atoms with E-state index in [2.05, 4.69) is 0 Å². The molecule has 0 aromatic heterocycles. The molecule has 1 amide bonds. The molecule has 1 heterocycles. The Morgan fingerprint density at radius 3 is 1.81 bits per heavy atom. The number of nitrogens with two attached hydrogens (primary N) is 1. The number of carbonyl (C=O) groups is 1. The van der Waals surface area contributed by atoms with Gasteiger partial charge in [0.25, 0.3) is 0 Å². The molecule has 1 spiro atoms. The van der Waals surface area contributed by atoms with E-state index in [1.165, 1.54) is 44.9 Å². The maximum atomic E-state index is 10.8. The summed E-state index contributed by atoms with van der Waals surface area (Å²) < 4.78 is 0. The minimum atomic E-state index is -0.744. The van der Waals surface area contributed by atoms with Crippen molar-refractivity contribution in [3.63, 3.8) is 0 Å². The number of amides is 1. The first kappa shape index (κ1) is 22.6. The van der Waals surface area contributed by atoms with Crippen molar-refractivity contribution < 1.29 is 24.3 Å². The van der Waals surface area contributed by atoms with Crippen molar-refractivity contribution in [1.82, 2.24) is 0 Å². The monoisotopic (exact) mass is 385 g/mol. The van der Waals surface area contributed by atoms with E-state index in [1.807, 2.05) is 0 Å². The zero-order valence-electron chi connectivity index (χ0n) is 16.9. The van der Waals surface area contributed by atoms with Crippen LogP contribution in [0, 0.1) is 5.92 Å². The zero-order valence-corrected chi connectivity index (χ0v) is 16.9. The fourth-order valence-electron chi connectivity index (χ4n) is 3.93. The minimum Gasteiger partial charge on any atom is -0.370 e. The molecule has 0 atom stereocenters. The van der Waals surface area contributed by atoms with Crippen LogP contribution in [0.4, 0.5) is 0 Å². The molecule has 0 aromatic rings. The average Bonchev–Trinajstić information content (AvgIpc) is 2.61. The van der Waals surface area contributed by atoms with Crippen LogP contribution in [0.1, 0.15) is 103 Å². The highest BCUT2D eigenvalue weighted by molar-refractivity contribution is 5.73. The molecule has 2 N–H and O–H groups in total. The van der Waals surface area contributed by atoms with Gasteiger partial charge in [0, 0.05) is 25.2 Å². The quantitative estimate of drug-likeness (QED) is 0.517. The summed E-state index contributed by atoms with van der Waals surface area (Å²) in [4.78, 5) is 33.6. The number of unbranched alkanes of at least 4 members (excludes halogenated alkanes) is 2. The van der Waals surface area contributed by atoms with Crippen LogP contribution in [0.2, 0.25) is 0 Å². The van der Waals surface area contributed by atoms with Gasteiger partial charge in [-0.3, -0.25) is 4.79 Å². The molecule has 1 saturated carbocycles. The molecular weight excluding hydrogens is 346 g/mol. The van der Waals surface area contributed by atoms with Gasteiger partial charge in [0.05, 0.1) is 13.2 Å². The standard InChI is InChI=1S/C21H39NO5/c22-20(23)14-10-8-9-13-19-17-24-26-21(27-25-18-19)15-11-6-4-2-1-3-5-7-12-16-21/h19H,1-18H2,(H2,22,23). The van der Waals surface area contributed by atoms with Crippen LogP contribution in [0.25, 0.3) is 0 Å². The Labute approximate surface area is 164 Å². The second-order valence-corrected chi connectivity index (χ2v) is 8.26. The van der Waals surface area contributed by atoms with E-state index in [0.717, 1.165) is 51.4 Å². The highest BCUT2D eigenvalue weighted by atomic mass is 17.3. The van der Waals surface area contributed by atoms with Gasteiger partial charge in [-0.15, -0.1) is 0 Å². The van der Waals surface area contributed by atoms with Gasteiger partial charge >= 0.3 is 0 Å². The fraction of sp³-hybridized carbons (Fsp3) is 0.952. The molecule has 1 saturated heterocycles. The molecule has 0 radical (unpaired) electrons. The van der Waals surface area contributed by atoms with Crippen LogP contribution in [-0.2, 0) is 24.3 Å². The molecule has 1 aliphatic heterocycles. The Hall–Kier alpha value is -0.690. The van der Waals surface area contributed by atoms with Crippen LogP contribution in [-0.4, -0.2) is 24.9 Å². The molecule has 2 aliphatic rings. The lowest BCUT2D eigenvalue weighted by Gasteiger charge is -2.34. The Morgan fingerprint density at radius 2 is 1.30 bits per heavy atom. The molecule has 0 unspecified atom stereocenters. The van der Waals surface area contributed by atoms with Crippen molar-refractivity contribution in [3.8, 4) is 0 Å². The first-order valence-electron chi connectivity index (χ1n) is 11.1. The van der Waals surface area contributed by atoms with E-state index in [-0.39, 0.29) is 11.8 Å². The summed E-state index contributed by atoms with van der Waals surface area (Å²) in [6, 6.07) is 0. The summed E-state index contributed by atoms with van der Waals surface area (Å²) in [5.41, 5.74) is 5.17. The molecule has 0 aromatic carbocycles. The van der Waals surface area contributed by atoms with Gasteiger partial charge < -0.3 is 5.73 Å². The van der Waals surface area contributed by atoms with Crippen molar-refractivity contribution >= 4 is 5.91 Å². The topological polar surface area (TPSA) is 80.0 Å². The first-order valence-corrected chi connectivity index (χ1v) is 11.1. The van der Waals surface area contributed by atoms with Crippen molar-refractivity contribution in [2.24, 2.45) is 11.7 Å². The lowest BCUT2D eigenvalue weighted by atomic mass is 9.97. The number of rotatable bonds is 6. The summed E-state index contributed by atoms with van der Waals surface area (Å²) in [5, 5.41) is 0. The molecule has 6 nitrogen and oxygen atoms in total. The SMILES string of the molecule is NC(=O)CCCCCC1COOC2(CCCCCCCCCCC2)OOC1. The van der Waals surface area contributed by atoms with Gasteiger partial charge in [-0.2, -0.15) is 9.78 Å². The summed E-state index contributed by atoms with van der Waals surface area (Å²) in [6.45, 7) is 1.06. The molecule has 27 heavy (non-hydrogen) atoms. The molecule has 2 fully saturated rings. The lowest BCUT2D eigenvalue weighted by molar-refractivity contribution is -0.531. The predicted molar refractivity (Wildman–Crippen MR) is 103 cm³/mol. The van der Waals surface area contributed by atoms with Gasteiger partial charge in [-0.1, -0.05) is 57.8 Å². The molecule has 2 rings (SSSR count). The van der Waals surface area contributed by atoms with Crippen molar-refractivity contribution in [3.05, 3.63) is 0 Å². The number of carbonyl (C=O) groups excluding carboxylic acids is 1. The molecule has 1 aliphatic carbocycles. The average molecular weight is 386 g/mol. The number of primary amides is 1. The molecule has 6 heteroatoms. The van der Waals surface area contributed by atoms with E-state index >= 15 is 0 Å². The largest absolute Gasteiger partial charge is 0.370 e. The fourth-order valence-corrected chi connectivity index (χ4v) is 3.93. The van der Waals surface area contributed by atoms with E-state index < -0.39 is 5.79 Å². The summed E-state index contributed by atoms with van der Waals surface area (Å²) in [6.07, 6.45) is 17.1. The highest BCUT2D eigenvalue weighted by Crippen LogP contribution is 2.32. The Bertz CT molecular complexity index is 380. The highest BCUT2D eigenvalue weighted by Gasteiger charge is 2.36. The number of hydrogen-bond acceptors (Lipinski definition) is 5. The molecule has 158 valence electrons. The van der Waals surface area contributed by atoms with Crippen LogP contribution < -0.4 is 5.73 Å². The maximum Gasteiger partial charge on any atom is 0.233 e. The second-order valence-electron chi connectivity index (χ2n) is 8.26. The molecular formula is C21H39NO5. The Morgan fingerprint density at radius 1 is 0.778 bits per heavy atom. The van der Waals surface area contributed by atoms with Crippen LogP contribution in [0.5, 0.6) is 0 Å². The third-order valence-electron chi connectivity index (χ3n) is 5.68. The second kappa shape index (κ2) is 13.5. The van der Waals surface area contributed by atoms with Crippen molar-refractivity contribution in [2.45, 2.75) is 109 Å². The normalized spacial score (nSPS) is 23.7. The van der Waals surface area contributed by atoms with Crippen molar-refractivity contribution in [1.29, 1.82) is 0 Å². The van der Waals surface area contributed by atoms with Crippen molar-refractivity contribution in [2.75, 3.05) is 13.2 Å². The zero-order chi connectivity index (χ0) is 19.2. The van der Waals surface area contributed by atoms with E-state index in [9.17, 15) is 4.79 Å². The third-order valence-corrected chi connectivity index (χ3v) is 5.68. The predicted octanol–water partition coefficient (Wildman–Crippen LogP) is 4.95. The first-order chi connectivity index (χ1) is 13.2. The van der Waals surface area contributed by atoms with Gasteiger partial charge in [0.15, 0.2) is 0 Å². The third kappa shape index (κ3) is 9.88.